The minimum absolute atomic E-state index is 0.567. The van der Waals surface area contributed by atoms with Crippen LogP contribution < -0.4 is 0 Å². The highest BCUT2D eigenvalue weighted by atomic mass is 15.1. The maximum atomic E-state index is 12.3. The van der Waals surface area contributed by atoms with E-state index >= 15 is 0 Å². The lowest BCUT2D eigenvalue weighted by Crippen LogP contribution is -2.05. The Labute approximate surface area is 452 Å². The van der Waals surface area contributed by atoms with Crippen LogP contribution in [0.15, 0.2) is 267 Å². The molecule has 0 aliphatic heterocycles. The quantitative estimate of drug-likeness (QED) is 0.164. The van der Waals surface area contributed by atoms with Crippen LogP contribution in [-0.4, -0.2) is 22.8 Å². The predicted octanol–water partition coefficient (Wildman–Crippen LogP) is 18.7. The number of fused-ring (bicyclic) bond motifs is 19. The summed E-state index contributed by atoms with van der Waals surface area (Å²) in [6.45, 7) is 0. The smallest absolute Gasteiger partial charge is 0.104 e. The summed E-state index contributed by atoms with van der Waals surface area (Å²) >= 11 is 0. The molecule has 366 valence electrons. The lowest BCUT2D eigenvalue weighted by molar-refractivity contribution is 1.12. The number of benzene rings is 12. The van der Waals surface area contributed by atoms with Gasteiger partial charge < -0.3 is 22.8 Å². The maximum Gasteiger partial charge on any atom is 0.104 e. The molecule has 0 fully saturated rings. The van der Waals surface area contributed by atoms with Crippen molar-refractivity contribution in [2.45, 2.75) is 0 Å². The zero-order chi connectivity index (χ0) is 51.9. The van der Waals surface area contributed by atoms with Gasteiger partial charge in [0, 0.05) is 70.9 Å². The first-order chi connectivity index (χ1) is 39.2. The Morgan fingerprint density at radius 1 is 0.241 bits per heavy atom. The molecule has 17 rings (SSSR count). The molecular weight excluding hydrogens is 961 g/mol. The number of aromatic nitrogens is 5. The van der Waals surface area contributed by atoms with Crippen molar-refractivity contribution >= 4 is 109 Å². The van der Waals surface area contributed by atoms with E-state index in [9.17, 15) is 5.26 Å². The fraction of sp³-hybridized carbons (Fsp3) is 0. The number of para-hydroxylation sites is 8. The van der Waals surface area contributed by atoms with Crippen molar-refractivity contribution in [3.05, 3.63) is 272 Å². The highest BCUT2D eigenvalue weighted by molar-refractivity contribution is 6.40. The van der Waals surface area contributed by atoms with Gasteiger partial charge in [-0.15, -0.1) is 0 Å². The Morgan fingerprint density at radius 2 is 0.582 bits per heavy atom. The predicted molar refractivity (Wildman–Crippen MR) is 328 cm³/mol. The summed E-state index contributed by atoms with van der Waals surface area (Å²) in [4.78, 5) is 0. The van der Waals surface area contributed by atoms with Crippen LogP contribution in [-0.2, 0) is 0 Å². The van der Waals surface area contributed by atoms with E-state index in [1.54, 1.807) is 0 Å². The molecule has 0 saturated carbocycles. The second-order valence-corrected chi connectivity index (χ2v) is 20.7. The first-order valence-electron chi connectivity index (χ1n) is 26.9. The molecule has 5 heterocycles. The van der Waals surface area contributed by atoms with Gasteiger partial charge in [-0.25, -0.2) is 0 Å². The molecule has 17 aromatic rings. The van der Waals surface area contributed by atoms with Gasteiger partial charge in [-0.3, -0.25) is 0 Å². The highest BCUT2D eigenvalue weighted by Gasteiger charge is 2.31. The average Bonchev–Trinajstić information content (AvgIpc) is 4.51. The van der Waals surface area contributed by atoms with Crippen LogP contribution >= 0.6 is 0 Å². The summed E-state index contributed by atoms with van der Waals surface area (Å²) in [6, 6.07) is 98.9. The van der Waals surface area contributed by atoms with Crippen LogP contribution in [0.5, 0.6) is 0 Å². The number of hydrogen-bond donors (Lipinski definition) is 0. The molecule has 5 aromatic heterocycles. The maximum absolute atomic E-state index is 12.3. The Kier molecular flexibility index (Phi) is 9.10. The van der Waals surface area contributed by atoms with Gasteiger partial charge in [-0.1, -0.05) is 182 Å². The molecule has 0 unspecified atom stereocenters. The summed E-state index contributed by atoms with van der Waals surface area (Å²) in [6.07, 6.45) is 0. The van der Waals surface area contributed by atoms with E-state index in [0.717, 1.165) is 127 Å². The van der Waals surface area contributed by atoms with Crippen molar-refractivity contribution < 1.29 is 0 Å². The fourth-order valence-electron chi connectivity index (χ4n) is 13.6. The first kappa shape index (κ1) is 43.4. The second kappa shape index (κ2) is 16.6. The van der Waals surface area contributed by atoms with Gasteiger partial charge in [-0.05, 0) is 96.1 Å². The van der Waals surface area contributed by atoms with E-state index in [1.165, 1.54) is 21.5 Å². The molecule has 0 atom stereocenters. The average molecular weight is 1010 g/mol. The van der Waals surface area contributed by atoms with Crippen molar-refractivity contribution in [2.24, 2.45) is 0 Å². The van der Waals surface area contributed by atoms with E-state index in [0.29, 0.717) is 5.56 Å². The van der Waals surface area contributed by atoms with Gasteiger partial charge in [0.05, 0.1) is 66.5 Å². The second-order valence-electron chi connectivity index (χ2n) is 20.7. The van der Waals surface area contributed by atoms with Crippen molar-refractivity contribution in [2.75, 3.05) is 0 Å². The third-order valence-corrected chi connectivity index (χ3v) is 16.6. The van der Waals surface area contributed by atoms with E-state index in [1.807, 2.05) is 0 Å². The fourth-order valence-corrected chi connectivity index (χ4v) is 13.6. The van der Waals surface area contributed by atoms with Gasteiger partial charge in [0.15, 0.2) is 0 Å². The highest BCUT2D eigenvalue weighted by Crippen LogP contribution is 2.52. The zero-order valence-corrected chi connectivity index (χ0v) is 42.6. The van der Waals surface area contributed by atoms with Crippen molar-refractivity contribution in [3.63, 3.8) is 0 Å². The molecule has 0 amide bonds. The molecule has 0 aliphatic carbocycles. The minimum atomic E-state index is 0.567. The summed E-state index contributed by atoms with van der Waals surface area (Å²) in [5.74, 6) is 0. The van der Waals surface area contributed by atoms with Crippen LogP contribution in [0.4, 0.5) is 0 Å². The van der Waals surface area contributed by atoms with Gasteiger partial charge in [-0.2, -0.15) is 5.26 Å². The Hall–Kier alpha value is -10.9. The van der Waals surface area contributed by atoms with Crippen LogP contribution in [0.1, 0.15) is 5.56 Å². The standard InChI is InChI=1S/C73H44N6/c74-45-57-64(78-61-39-21-14-32-53(61)66-63(78)42-41-52-51-31-13-18-36-58(51)75(70(52)66)48-25-7-2-8-26-48)43-47(46-23-5-1-6-24-46)44-65(57)79-62-40-22-17-35-56(62)69-72-67(54-33-15-19-37-59(54)76(72)49-27-9-3-10-28-49)71-68(73(69)79)55-34-16-20-38-60(55)77(71)50-29-11-4-12-30-50/h1-44H. The van der Waals surface area contributed by atoms with Crippen LogP contribution in [0.2, 0.25) is 0 Å². The zero-order valence-electron chi connectivity index (χ0n) is 42.6. The summed E-state index contributed by atoms with van der Waals surface area (Å²) in [5, 5.41) is 23.8. The van der Waals surface area contributed by atoms with Gasteiger partial charge in [0.2, 0.25) is 0 Å². The summed E-state index contributed by atoms with van der Waals surface area (Å²) in [7, 11) is 0. The van der Waals surface area contributed by atoms with Gasteiger partial charge in [0.25, 0.3) is 0 Å². The molecule has 79 heavy (non-hydrogen) atoms. The lowest BCUT2D eigenvalue weighted by atomic mass is 9.99. The van der Waals surface area contributed by atoms with Gasteiger partial charge in [0.1, 0.15) is 11.6 Å². The molecule has 0 saturated heterocycles. The number of hydrogen-bond acceptors (Lipinski definition) is 1. The normalized spacial score (nSPS) is 12.0. The Morgan fingerprint density at radius 3 is 1.05 bits per heavy atom. The molecule has 0 N–H and O–H groups in total. The third-order valence-electron chi connectivity index (χ3n) is 16.6. The molecule has 6 heteroatoms. The van der Waals surface area contributed by atoms with Crippen molar-refractivity contribution in [3.8, 4) is 45.6 Å². The summed E-state index contributed by atoms with van der Waals surface area (Å²) in [5.41, 5.74) is 18.3. The van der Waals surface area contributed by atoms with Gasteiger partial charge >= 0.3 is 0 Å². The van der Waals surface area contributed by atoms with E-state index < -0.39 is 0 Å². The monoisotopic (exact) mass is 1000 g/mol. The van der Waals surface area contributed by atoms with E-state index in [4.69, 9.17) is 0 Å². The van der Waals surface area contributed by atoms with E-state index in [2.05, 4.69) is 296 Å². The number of nitriles is 1. The number of rotatable bonds is 6. The van der Waals surface area contributed by atoms with Crippen molar-refractivity contribution in [1.29, 1.82) is 5.26 Å². The van der Waals surface area contributed by atoms with Crippen LogP contribution in [0, 0.1) is 11.3 Å². The Balaban J connectivity index is 1.10. The molecule has 0 spiro atoms. The van der Waals surface area contributed by atoms with Crippen molar-refractivity contribution in [1.82, 2.24) is 22.8 Å². The van der Waals surface area contributed by atoms with Crippen LogP contribution in [0.3, 0.4) is 0 Å². The molecule has 0 radical (unpaired) electrons. The molecule has 0 bridgehead atoms. The SMILES string of the molecule is N#Cc1c(-n2c3ccccc3c3c2ccc2c4ccccc4n(-c4ccccc4)c23)cc(-c2ccccc2)cc1-n1c2ccccc2c2c3c(c4ccccc4n3-c3ccccc3)c3c(c4ccccc4n3-c3ccccc3)c21. The Bertz CT molecular complexity index is 5340. The lowest BCUT2D eigenvalue weighted by Gasteiger charge is -2.19. The first-order valence-corrected chi connectivity index (χ1v) is 26.9. The summed E-state index contributed by atoms with van der Waals surface area (Å²) < 4.78 is 12.2. The van der Waals surface area contributed by atoms with E-state index in [-0.39, 0.29) is 0 Å². The number of nitrogens with zero attached hydrogens (tertiary/aromatic N) is 6. The third kappa shape index (κ3) is 5.93. The van der Waals surface area contributed by atoms with Crippen LogP contribution in [0.25, 0.3) is 149 Å². The largest absolute Gasteiger partial charge is 0.309 e. The molecule has 0 aliphatic rings. The molecular formula is C73H44N6. The minimum Gasteiger partial charge on any atom is -0.309 e. The molecule has 12 aromatic carbocycles. The topological polar surface area (TPSA) is 48.4 Å². The molecule has 6 nitrogen and oxygen atoms in total.